The van der Waals surface area contributed by atoms with Gasteiger partial charge in [0.1, 0.15) is 0 Å². The first-order valence-electron chi connectivity index (χ1n) is 17.5. The first-order chi connectivity index (χ1) is 25.3. The molecule has 51 heavy (non-hydrogen) atoms. The van der Waals surface area contributed by atoms with E-state index in [4.69, 9.17) is 19.9 Å². The molecule has 4 nitrogen and oxygen atoms in total. The Kier molecular flexibility index (Phi) is 6.81. The van der Waals surface area contributed by atoms with Crippen LogP contribution < -0.4 is 0 Å². The molecule has 2 heterocycles. The van der Waals surface area contributed by atoms with Gasteiger partial charge in [0, 0.05) is 29.4 Å². The Hall–Kier alpha value is -6.52. The lowest BCUT2D eigenvalue weighted by atomic mass is 9.63. The minimum Gasteiger partial charge on any atom is -0.236 e. The maximum absolute atomic E-state index is 5.28. The highest BCUT2D eigenvalue weighted by Crippen LogP contribution is 2.60. The van der Waals surface area contributed by atoms with Crippen LogP contribution in [-0.4, -0.2) is 19.9 Å². The quantitative estimate of drug-likeness (QED) is 0.190. The molecule has 0 N–H and O–H groups in total. The largest absolute Gasteiger partial charge is 0.236 e. The van der Waals surface area contributed by atoms with Gasteiger partial charge in [0.25, 0.3) is 0 Å². The van der Waals surface area contributed by atoms with Crippen molar-refractivity contribution in [2.75, 3.05) is 0 Å². The maximum atomic E-state index is 5.28. The highest BCUT2D eigenvalue weighted by Gasteiger charge is 2.50. The van der Waals surface area contributed by atoms with Gasteiger partial charge in [0.2, 0.25) is 0 Å². The van der Waals surface area contributed by atoms with Gasteiger partial charge in [-0.05, 0) is 57.0 Å². The Morgan fingerprint density at radius 1 is 0.510 bits per heavy atom. The zero-order chi connectivity index (χ0) is 33.8. The van der Waals surface area contributed by atoms with Gasteiger partial charge in [0.15, 0.2) is 11.6 Å². The molecule has 4 heteroatoms. The number of rotatable bonds is 4. The normalized spacial score (nSPS) is 16.3. The van der Waals surface area contributed by atoms with E-state index in [-0.39, 0.29) is 5.92 Å². The van der Waals surface area contributed by atoms with Gasteiger partial charge >= 0.3 is 0 Å². The SMILES string of the molecule is C1=CC(c2cc(-c3ccccc3)nc(-c3cnc(-c4ccccc4)nc3)n2)CC2=C1c1ccccc1C21c2ccccc2C=Cc2ccccc21. The highest BCUT2D eigenvalue weighted by atomic mass is 14.9. The van der Waals surface area contributed by atoms with E-state index in [1.54, 1.807) is 0 Å². The van der Waals surface area contributed by atoms with Gasteiger partial charge in [0.05, 0.1) is 22.4 Å². The van der Waals surface area contributed by atoms with Gasteiger partial charge in [-0.2, -0.15) is 0 Å². The van der Waals surface area contributed by atoms with Crippen molar-refractivity contribution in [2.45, 2.75) is 17.8 Å². The second-order valence-electron chi connectivity index (χ2n) is 13.4. The number of aromatic nitrogens is 4. The second-order valence-corrected chi connectivity index (χ2v) is 13.4. The molecule has 1 unspecified atom stereocenters. The van der Waals surface area contributed by atoms with Crippen LogP contribution in [0.25, 0.3) is 51.8 Å². The first kappa shape index (κ1) is 29.4. The molecule has 7 aromatic rings. The highest BCUT2D eigenvalue weighted by molar-refractivity contribution is 5.94. The summed E-state index contributed by atoms with van der Waals surface area (Å²) in [4.78, 5) is 19.8. The smallest absolute Gasteiger partial charge is 0.163 e. The first-order valence-corrected chi connectivity index (χ1v) is 17.5. The molecule has 0 saturated carbocycles. The monoisotopic (exact) mass is 652 g/mol. The van der Waals surface area contributed by atoms with Crippen LogP contribution in [0.1, 0.15) is 51.4 Å². The molecule has 0 fully saturated rings. The number of hydrogen-bond acceptors (Lipinski definition) is 4. The summed E-state index contributed by atoms with van der Waals surface area (Å²) >= 11 is 0. The molecule has 2 aromatic heterocycles. The van der Waals surface area contributed by atoms with Crippen LogP contribution in [-0.2, 0) is 5.41 Å². The number of hydrogen-bond donors (Lipinski definition) is 0. The number of allylic oxidation sites excluding steroid dienone is 4. The summed E-state index contributed by atoms with van der Waals surface area (Å²) in [6.07, 6.45) is 13.8. The van der Waals surface area contributed by atoms with E-state index in [1.807, 2.05) is 48.8 Å². The van der Waals surface area contributed by atoms with Crippen LogP contribution >= 0.6 is 0 Å². The van der Waals surface area contributed by atoms with Crippen LogP contribution in [0.5, 0.6) is 0 Å². The van der Waals surface area contributed by atoms with Crippen molar-refractivity contribution in [1.29, 1.82) is 0 Å². The Morgan fingerprint density at radius 2 is 1.10 bits per heavy atom. The summed E-state index contributed by atoms with van der Waals surface area (Å²) in [7, 11) is 0. The zero-order valence-electron chi connectivity index (χ0n) is 27.8. The van der Waals surface area contributed by atoms with Gasteiger partial charge in [-0.15, -0.1) is 0 Å². The number of benzene rings is 5. The summed E-state index contributed by atoms with van der Waals surface area (Å²) < 4.78 is 0. The Labute approximate surface area is 297 Å². The van der Waals surface area contributed by atoms with E-state index >= 15 is 0 Å². The summed E-state index contributed by atoms with van der Waals surface area (Å²) in [5.41, 5.74) is 14.7. The fraction of sp³-hybridized carbons (Fsp3) is 0.0638. The van der Waals surface area contributed by atoms with Crippen molar-refractivity contribution in [3.63, 3.8) is 0 Å². The topological polar surface area (TPSA) is 51.6 Å². The summed E-state index contributed by atoms with van der Waals surface area (Å²) in [5.74, 6) is 1.33. The van der Waals surface area contributed by atoms with Gasteiger partial charge < -0.3 is 0 Å². The summed E-state index contributed by atoms with van der Waals surface area (Å²) in [5, 5.41) is 0. The standard InChI is InChI=1S/C47H32N4/c1-3-15-33(16-4-1)43-28-44(51-46(50-43)36-29-48-45(49-30-36)34-17-5-2-6-18-34)35-25-26-38-37-19-9-12-22-41(37)47(42(38)27-35)39-20-10-7-13-31(39)23-24-32-14-8-11-21-40(32)47/h1-26,28-30,35H,27H2. The summed E-state index contributed by atoms with van der Waals surface area (Å²) in [6.45, 7) is 0. The predicted octanol–water partition coefficient (Wildman–Crippen LogP) is 10.6. The van der Waals surface area contributed by atoms with Crippen LogP contribution in [0.2, 0.25) is 0 Å². The predicted molar refractivity (Wildman–Crippen MR) is 205 cm³/mol. The molecule has 5 aromatic carbocycles. The maximum Gasteiger partial charge on any atom is 0.163 e. The molecular formula is C47H32N4. The van der Waals surface area contributed by atoms with Crippen molar-refractivity contribution in [3.8, 4) is 34.0 Å². The Balaban J connectivity index is 1.13. The Morgan fingerprint density at radius 3 is 1.78 bits per heavy atom. The van der Waals surface area contributed by atoms with Crippen molar-refractivity contribution >= 4 is 17.7 Å². The van der Waals surface area contributed by atoms with Crippen molar-refractivity contribution in [1.82, 2.24) is 19.9 Å². The van der Waals surface area contributed by atoms with Crippen LogP contribution in [0.4, 0.5) is 0 Å². The fourth-order valence-corrected chi connectivity index (χ4v) is 8.36. The van der Waals surface area contributed by atoms with E-state index in [9.17, 15) is 0 Å². The van der Waals surface area contributed by atoms with Gasteiger partial charge in [-0.25, -0.2) is 19.9 Å². The third kappa shape index (κ3) is 4.68. The van der Waals surface area contributed by atoms with Crippen LogP contribution in [0.3, 0.4) is 0 Å². The van der Waals surface area contributed by atoms with E-state index < -0.39 is 5.41 Å². The lowest BCUT2D eigenvalue weighted by Crippen LogP contribution is -2.32. The van der Waals surface area contributed by atoms with Crippen LogP contribution in [0, 0.1) is 0 Å². The minimum atomic E-state index is -0.440. The molecule has 0 saturated heterocycles. The fourth-order valence-electron chi connectivity index (χ4n) is 8.36. The average Bonchev–Trinajstić information content (AvgIpc) is 3.41. The van der Waals surface area contributed by atoms with E-state index in [2.05, 4.69) is 127 Å². The van der Waals surface area contributed by atoms with Crippen molar-refractivity contribution in [2.24, 2.45) is 0 Å². The molecular weight excluding hydrogens is 621 g/mol. The van der Waals surface area contributed by atoms with Gasteiger partial charge in [-0.3, -0.25) is 0 Å². The van der Waals surface area contributed by atoms with E-state index in [0.717, 1.165) is 34.5 Å². The third-order valence-electron chi connectivity index (χ3n) is 10.6. The molecule has 10 rings (SSSR count). The summed E-state index contributed by atoms with van der Waals surface area (Å²) in [6, 6.07) is 49.4. The van der Waals surface area contributed by atoms with Crippen molar-refractivity contribution < 1.29 is 0 Å². The van der Waals surface area contributed by atoms with E-state index in [0.29, 0.717) is 11.6 Å². The average molecular weight is 653 g/mol. The minimum absolute atomic E-state index is 0.0270. The van der Waals surface area contributed by atoms with E-state index in [1.165, 1.54) is 44.5 Å². The second kappa shape index (κ2) is 11.8. The lowest BCUT2D eigenvalue weighted by molar-refractivity contribution is 0.657. The van der Waals surface area contributed by atoms with Crippen LogP contribution in [0.15, 0.2) is 170 Å². The third-order valence-corrected chi connectivity index (χ3v) is 10.6. The molecule has 0 amide bonds. The zero-order valence-corrected chi connectivity index (χ0v) is 27.8. The molecule has 0 bridgehead atoms. The molecule has 3 aliphatic rings. The van der Waals surface area contributed by atoms with Crippen molar-refractivity contribution in [3.05, 3.63) is 209 Å². The van der Waals surface area contributed by atoms with Gasteiger partial charge in [-0.1, -0.05) is 158 Å². The molecule has 240 valence electrons. The number of nitrogens with zero attached hydrogens (tertiary/aromatic N) is 4. The lowest BCUT2D eigenvalue weighted by Gasteiger charge is -2.38. The molecule has 0 aliphatic heterocycles. The molecule has 0 radical (unpaired) electrons. The Bertz CT molecular complexity index is 2500. The molecule has 1 atom stereocenters. The molecule has 1 spiro atoms. The molecule has 3 aliphatic carbocycles. The number of fused-ring (bicyclic) bond motifs is 8.